The second-order valence-corrected chi connectivity index (χ2v) is 3.58. The van der Waals surface area contributed by atoms with E-state index in [9.17, 15) is 5.26 Å². The van der Waals surface area contributed by atoms with Crippen LogP contribution in [0, 0.1) is 16.7 Å². The lowest BCUT2D eigenvalue weighted by Crippen LogP contribution is -2.42. The van der Waals surface area contributed by atoms with Crippen molar-refractivity contribution in [2.75, 3.05) is 0 Å². The van der Waals surface area contributed by atoms with E-state index >= 15 is 0 Å². The molecule has 2 aliphatic heterocycles. The Kier molecular flexibility index (Phi) is 2.28. The Morgan fingerprint density at radius 2 is 2.07 bits per heavy atom. The van der Waals surface area contributed by atoms with E-state index in [1.807, 2.05) is 30.8 Å². The largest absolute Gasteiger partial charge is 0.386 e. The standard InChI is InChI=1S/C11H13N3/c12-9-11(4-7-13-8-5-11)10-3-1-2-6-14-10/h2,4-8,10,13-14H,1,3H2. The van der Waals surface area contributed by atoms with Crippen LogP contribution in [0.15, 0.2) is 36.8 Å². The molecule has 1 unspecified atom stereocenters. The number of nitrogens with zero attached hydrogens (tertiary/aromatic N) is 1. The molecule has 0 aromatic rings. The van der Waals surface area contributed by atoms with Gasteiger partial charge in [-0.1, -0.05) is 6.08 Å². The van der Waals surface area contributed by atoms with E-state index in [0.29, 0.717) is 0 Å². The summed E-state index contributed by atoms with van der Waals surface area (Å²) < 4.78 is 0. The molecule has 72 valence electrons. The van der Waals surface area contributed by atoms with Gasteiger partial charge in [0.1, 0.15) is 5.41 Å². The summed E-state index contributed by atoms with van der Waals surface area (Å²) in [6.07, 6.45) is 13.6. The third-order valence-corrected chi connectivity index (χ3v) is 2.72. The summed E-state index contributed by atoms with van der Waals surface area (Å²) in [7, 11) is 0. The highest BCUT2D eigenvalue weighted by atomic mass is 14.9. The second-order valence-electron chi connectivity index (χ2n) is 3.58. The van der Waals surface area contributed by atoms with Gasteiger partial charge in [0.2, 0.25) is 0 Å². The lowest BCUT2D eigenvalue weighted by atomic mass is 9.78. The maximum absolute atomic E-state index is 9.25. The predicted octanol–water partition coefficient (Wildman–Crippen LogP) is 1.39. The quantitative estimate of drug-likeness (QED) is 0.652. The number of nitrogens with one attached hydrogen (secondary N) is 2. The molecule has 14 heavy (non-hydrogen) atoms. The van der Waals surface area contributed by atoms with Crippen LogP contribution in [0.1, 0.15) is 12.8 Å². The maximum atomic E-state index is 9.25. The molecule has 1 atom stereocenters. The Hall–Kier alpha value is -1.69. The van der Waals surface area contributed by atoms with Gasteiger partial charge in [0.25, 0.3) is 0 Å². The average molecular weight is 187 g/mol. The Labute approximate surface area is 83.8 Å². The molecule has 0 bridgehead atoms. The molecular formula is C11H13N3. The highest BCUT2D eigenvalue weighted by molar-refractivity contribution is 5.30. The summed E-state index contributed by atoms with van der Waals surface area (Å²) in [6, 6.07) is 2.56. The minimum absolute atomic E-state index is 0.187. The zero-order chi connectivity index (χ0) is 9.86. The molecule has 0 amide bonds. The lowest BCUT2D eigenvalue weighted by molar-refractivity contribution is 0.391. The minimum Gasteiger partial charge on any atom is -0.386 e. The maximum Gasteiger partial charge on any atom is 0.117 e. The Morgan fingerprint density at radius 3 is 2.64 bits per heavy atom. The fraction of sp³-hybridized carbons (Fsp3) is 0.364. The summed E-state index contributed by atoms with van der Waals surface area (Å²) >= 11 is 0. The van der Waals surface area contributed by atoms with Crippen molar-refractivity contribution in [2.45, 2.75) is 18.9 Å². The van der Waals surface area contributed by atoms with Gasteiger partial charge in [-0.3, -0.25) is 0 Å². The van der Waals surface area contributed by atoms with Gasteiger partial charge in [0.15, 0.2) is 0 Å². The first-order chi connectivity index (χ1) is 6.87. The second kappa shape index (κ2) is 3.59. The van der Waals surface area contributed by atoms with Crippen LogP contribution < -0.4 is 10.6 Å². The first kappa shape index (κ1) is 8.89. The van der Waals surface area contributed by atoms with E-state index in [1.54, 1.807) is 0 Å². The third-order valence-electron chi connectivity index (χ3n) is 2.72. The zero-order valence-corrected chi connectivity index (χ0v) is 7.90. The van der Waals surface area contributed by atoms with E-state index < -0.39 is 5.41 Å². The lowest BCUT2D eigenvalue weighted by Gasteiger charge is -2.33. The molecule has 0 aliphatic carbocycles. The molecule has 0 aromatic carbocycles. The monoisotopic (exact) mass is 187 g/mol. The minimum atomic E-state index is -0.490. The van der Waals surface area contributed by atoms with Crippen molar-refractivity contribution in [3.63, 3.8) is 0 Å². The highest BCUT2D eigenvalue weighted by Crippen LogP contribution is 2.30. The van der Waals surface area contributed by atoms with Crippen LogP contribution in [-0.2, 0) is 0 Å². The van der Waals surface area contributed by atoms with Crippen molar-refractivity contribution < 1.29 is 0 Å². The van der Waals surface area contributed by atoms with Gasteiger partial charge < -0.3 is 10.6 Å². The van der Waals surface area contributed by atoms with Crippen molar-refractivity contribution >= 4 is 0 Å². The van der Waals surface area contributed by atoms with Crippen LogP contribution in [-0.4, -0.2) is 6.04 Å². The van der Waals surface area contributed by atoms with Crippen molar-refractivity contribution in [1.29, 1.82) is 5.26 Å². The van der Waals surface area contributed by atoms with E-state index in [0.717, 1.165) is 12.8 Å². The van der Waals surface area contributed by atoms with Gasteiger partial charge in [0.05, 0.1) is 12.1 Å². The van der Waals surface area contributed by atoms with Crippen LogP contribution >= 0.6 is 0 Å². The Morgan fingerprint density at radius 1 is 1.29 bits per heavy atom. The van der Waals surface area contributed by atoms with Crippen LogP contribution in [0.2, 0.25) is 0 Å². The molecule has 2 rings (SSSR count). The van der Waals surface area contributed by atoms with E-state index in [2.05, 4.69) is 22.8 Å². The number of rotatable bonds is 1. The van der Waals surface area contributed by atoms with Crippen LogP contribution in [0.5, 0.6) is 0 Å². The molecule has 3 nitrogen and oxygen atoms in total. The average Bonchev–Trinajstić information content (AvgIpc) is 2.31. The van der Waals surface area contributed by atoms with E-state index in [-0.39, 0.29) is 6.04 Å². The summed E-state index contributed by atoms with van der Waals surface area (Å²) in [5.74, 6) is 0. The first-order valence-corrected chi connectivity index (χ1v) is 4.81. The van der Waals surface area contributed by atoms with Crippen molar-refractivity contribution in [2.24, 2.45) is 5.41 Å². The van der Waals surface area contributed by atoms with Crippen LogP contribution in [0.4, 0.5) is 0 Å². The van der Waals surface area contributed by atoms with Gasteiger partial charge >= 0.3 is 0 Å². The normalized spacial score (nSPS) is 27.5. The number of allylic oxidation sites excluding steroid dienone is 1. The summed E-state index contributed by atoms with van der Waals surface area (Å²) in [6.45, 7) is 0. The fourth-order valence-electron chi connectivity index (χ4n) is 1.86. The molecule has 0 spiro atoms. The fourth-order valence-corrected chi connectivity index (χ4v) is 1.86. The third kappa shape index (κ3) is 1.39. The van der Waals surface area contributed by atoms with Gasteiger partial charge in [-0.15, -0.1) is 0 Å². The molecule has 0 saturated heterocycles. The smallest absolute Gasteiger partial charge is 0.117 e. The van der Waals surface area contributed by atoms with Gasteiger partial charge in [-0.25, -0.2) is 0 Å². The topological polar surface area (TPSA) is 47.9 Å². The summed E-state index contributed by atoms with van der Waals surface area (Å²) in [4.78, 5) is 0. The molecule has 2 N–H and O–H groups in total. The molecule has 0 saturated carbocycles. The van der Waals surface area contributed by atoms with Crippen molar-refractivity contribution in [1.82, 2.24) is 10.6 Å². The summed E-state index contributed by atoms with van der Waals surface area (Å²) in [5.41, 5.74) is -0.490. The zero-order valence-electron chi connectivity index (χ0n) is 7.90. The SMILES string of the molecule is N#CC1(C2CCC=CN2)C=CNC=C1. The Bertz CT molecular complexity index is 321. The Balaban J connectivity index is 2.24. The molecule has 0 fully saturated rings. The first-order valence-electron chi connectivity index (χ1n) is 4.81. The number of dihydropyridines is 1. The molecule has 0 radical (unpaired) electrons. The summed E-state index contributed by atoms with van der Waals surface area (Å²) in [5, 5.41) is 15.5. The van der Waals surface area contributed by atoms with E-state index in [1.165, 1.54) is 0 Å². The number of hydrogen-bond acceptors (Lipinski definition) is 3. The molecule has 2 aliphatic rings. The van der Waals surface area contributed by atoms with E-state index in [4.69, 9.17) is 0 Å². The molecular weight excluding hydrogens is 174 g/mol. The van der Waals surface area contributed by atoms with Gasteiger partial charge in [0, 0.05) is 0 Å². The van der Waals surface area contributed by atoms with Crippen LogP contribution in [0.25, 0.3) is 0 Å². The predicted molar refractivity (Wildman–Crippen MR) is 54.8 cm³/mol. The number of nitriles is 1. The van der Waals surface area contributed by atoms with Crippen LogP contribution in [0.3, 0.4) is 0 Å². The van der Waals surface area contributed by atoms with Crippen molar-refractivity contribution in [3.05, 3.63) is 36.8 Å². The highest BCUT2D eigenvalue weighted by Gasteiger charge is 2.35. The van der Waals surface area contributed by atoms with Gasteiger partial charge in [-0.2, -0.15) is 5.26 Å². The molecule has 2 heterocycles. The molecule has 3 heteroatoms. The molecule has 0 aromatic heterocycles. The van der Waals surface area contributed by atoms with Crippen molar-refractivity contribution in [3.8, 4) is 6.07 Å². The van der Waals surface area contributed by atoms with Gasteiger partial charge in [-0.05, 0) is 43.6 Å². The number of hydrogen-bond donors (Lipinski definition) is 2.